The van der Waals surface area contributed by atoms with Crippen molar-refractivity contribution in [3.63, 3.8) is 0 Å². The van der Waals surface area contributed by atoms with Crippen LogP contribution in [0.15, 0.2) is 0 Å². The molecule has 0 aromatic rings. The summed E-state index contributed by atoms with van der Waals surface area (Å²) in [6.45, 7) is 7.08. The first-order valence-electron chi connectivity index (χ1n) is 4.80. The summed E-state index contributed by atoms with van der Waals surface area (Å²) >= 11 is 10.6. The minimum atomic E-state index is 0.842. The van der Waals surface area contributed by atoms with Crippen LogP contribution in [0.3, 0.4) is 0 Å². The molecule has 2 nitrogen and oxygen atoms in total. The lowest BCUT2D eigenvalue weighted by Crippen LogP contribution is -2.32. The van der Waals surface area contributed by atoms with Gasteiger partial charge in [-0.25, -0.2) is 0 Å². The van der Waals surface area contributed by atoms with Crippen molar-refractivity contribution in [2.24, 2.45) is 0 Å². The van der Waals surface area contributed by atoms with Crippen LogP contribution in [0.25, 0.3) is 0 Å². The van der Waals surface area contributed by atoms with Crippen LogP contribution in [0.4, 0.5) is 0 Å². The molecule has 1 aliphatic rings. The Morgan fingerprint density at radius 1 is 1.31 bits per heavy atom. The van der Waals surface area contributed by atoms with Crippen LogP contribution >= 0.6 is 24.4 Å². The number of unbranched alkanes of at least 4 members (excludes halogenated alkanes) is 1. The third kappa shape index (κ3) is 2.38. The van der Waals surface area contributed by atoms with Gasteiger partial charge in [-0.1, -0.05) is 25.6 Å². The fraction of sp³-hybridized carbons (Fsp3) is 0.778. The summed E-state index contributed by atoms with van der Waals surface area (Å²) < 4.78 is 0. The summed E-state index contributed by atoms with van der Waals surface area (Å²) in [7, 11) is 0. The predicted octanol–water partition coefficient (Wildman–Crippen LogP) is 2.04. The van der Waals surface area contributed by atoms with Crippen LogP contribution in [0.2, 0.25) is 0 Å². The summed E-state index contributed by atoms with van der Waals surface area (Å²) in [4.78, 5) is 5.23. The number of nitrogens with zero attached hydrogens (tertiary/aromatic N) is 2. The Balaban J connectivity index is 2.54. The van der Waals surface area contributed by atoms with Gasteiger partial charge in [-0.2, -0.15) is 0 Å². The Kier molecular flexibility index (Phi) is 4.06. The maximum atomic E-state index is 5.32. The standard InChI is InChI=1S/C9H16N2S2/c1-3-5-6-11-8(12)7-10(4-2)9(11)13/h3-7H2,1-2H3. The topological polar surface area (TPSA) is 6.48 Å². The highest BCUT2D eigenvalue weighted by molar-refractivity contribution is 7.82. The Hall–Kier alpha value is -0.220. The highest BCUT2D eigenvalue weighted by atomic mass is 32.1. The zero-order valence-corrected chi connectivity index (χ0v) is 9.88. The van der Waals surface area contributed by atoms with E-state index in [0.29, 0.717) is 0 Å². The molecule has 0 unspecified atom stereocenters. The lowest BCUT2D eigenvalue weighted by molar-refractivity contribution is 0.494. The maximum Gasteiger partial charge on any atom is 0.176 e. The Bertz CT molecular complexity index is 216. The normalized spacial score (nSPS) is 17.4. The Labute approximate surface area is 90.9 Å². The number of hydrogen-bond acceptors (Lipinski definition) is 2. The summed E-state index contributed by atoms with van der Waals surface area (Å²) in [6, 6.07) is 0. The zero-order valence-electron chi connectivity index (χ0n) is 8.25. The van der Waals surface area contributed by atoms with Crippen LogP contribution in [0.1, 0.15) is 26.7 Å². The molecule has 0 amide bonds. The molecule has 1 heterocycles. The minimum Gasteiger partial charge on any atom is -0.342 e. The zero-order chi connectivity index (χ0) is 9.84. The lowest BCUT2D eigenvalue weighted by atomic mass is 10.3. The molecular weight excluding hydrogens is 200 g/mol. The van der Waals surface area contributed by atoms with Gasteiger partial charge in [-0.05, 0) is 25.6 Å². The predicted molar refractivity (Wildman–Crippen MR) is 64.1 cm³/mol. The molecule has 4 heteroatoms. The SMILES string of the molecule is CCCCN1C(=S)CN(CC)C1=S. The number of hydrogen-bond donors (Lipinski definition) is 0. The van der Waals surface area contributed by atoms with Crippen molar-refractivity contribution in [3.05, 3.63) is 0 Å². The largest absolute Gasteiger partial charge is 0.342 e. The molecule has 0 aromatic heterocycles. The van der Waals surface area contributed by atoms with Crippen molar-refractivity contribution in [2.75, 3.05) is 19.6 Å². The van der Waals surface area contributed by atoms with Crippen LogP contribution in [-0.2, 0) is 0 Å². The smallest absolute Gasteiger partial charge is 0.176 e. The van der Waals surface area contributed by atoms with Gasteiger partial charge >= 0.3 is 0 Å². The summed E-state index contributed by atoms with van der Waals surface area (Å²) in [6.07, 6.45) is 2.35. The Morgan fingerprint density at radius 3 is 2.46 bits per heavy atom. The van der Waals surface area contributed by atoms with E-state index in [1.54, 1.807) is 0 Å². The van der Waals surface area contributed by atoms with Gasteiger partial charge < -0.3 is 9.80 Å². The van der Waals surface area contributed by atoms with Gasteiger partial charge in [0, 0.05) is 13.1 Å². The molecule has 0 aromatic carbocycles. The molecule has 1 aliphatic heterocycles. The Morgan fingerprint density at radius 2 is 2.00 bits per heavy atom. The van der Waals surface area contributed by atoms with E-state index in [0.717, 1.165) is 36.2 Å². The van der Waals surface area contributed by atoms with E-state index in [9.17, 15) is 0 Å². The highest BCUT2D eigenvalue weighted by Crippen LogP contribution is 2.12. The van der Waals surface area contributed by atoms with Gasteiger partial charge in [0.15, 0.2) is 5.11 Å². The molecule has 1 fully saturated rings. The molecule has 1 rings (SSSR count). The average Bonchev–Trinajstić information content (AvgIpc) is 2.39. The van der Waals surface area contributed by atoms with Crippen molar-refractivity contribution in [1.82, 2.24) is 9.80 Å². The van der Waals surface area contributed by atoms with E-state index in [2.05, 4.69) is 23.6 Å². The van der Waals surface area contributed by atoms with Crippen molar-refractivity contribution in [1.29, 1.82) is 0 Å². The lowest BCUT2D eigenvalue weighted by Gasteiger charge is -2.19. The van der Waals surface area contributed by atoms with Crippen LogP contribution in [-0.4, -0.2) is 39.5 Å². The van der Waals surface area contributed by atoms with E-state index in [1.165, 1.54) is 6.42 Å². The van der Waals surface area contributed by atoms with Gasteiger partial charge in [0.1, 0.15) is 4.99 Å². The second-order valence-corrected chi connectivity index (χ2v) is 4.03. The molecule has 13 heavy (non-hydrogen) atoms. The monoisotopic (exact) mass is 216 g/mol. The van der Waals surface area contributed by atoms with Gasteiger partial charge in [-0.15, -0.1) is 0 Å². The van der Waals surface area contributed by atoms with Gasteiger partial charge in [0.05, 0.1) is 6.54 Å². The minimum absolute atomic E-state index is 0.842. The third-order valence-corrected chi connectivity index (χ3v) is 3.07. The van der Waals surface area contributed by atoms with E-state index in [-0.39, 0.29) is 0 Å². The van der Waals surface area contributed by atoms with Crippen molar-refractivity contribution in [3.8, 4) is 0 Å². The van der Waals surface area contributed by atoms with Crippen LogP contribution < -0.4 is 0 Å². The van der Waals surface area contributed by atoms with Gasteiger partial charge in [-0.3, -0.25) is 0 Å². The number of thiocarbonyl (C=S) groups is 2. The first-order chi connectivity index (χ1) is 6.20. The fourth-order valence-electron chi connectivity index (χ4n) is 1.38. The van der Waals surface area contributed by atoms with E-state index in [4.69, 9.17) is 24.4 Å². The molecule has 0 spiro atoms. The molecule has 1 saturated heterocycles. The number of rotatable bonds is 4. The molecule has 0 N–H and O–H groups in total. The van der Waals surface area contributed by atoms with E-state index in [1.807, 2.05) is 0 Å². The average molecular weight is 216 g/mol. The fourth-order valence-corrected chi connectivity index (χ4v) is 2.16. The van der Waals surface area contributed by atoms with E-state index < -0.39 is 0 Å². The second kappa shape index (κ2) is 4.86. The summed E-state index contributed by atoms with van der Waals surface area (Å²) in [5.74, 6) is 0. The molecule has 0 aliphatic carbocycles. The molecule has 0 radical (unpaired) electrons. The van der Waals surface area contributed by atoms with Gasteiger partial charge in [0.2, 0.25) is 0 Å². The maximum absolute atomic E-state index is 5.32. The molecular formula is C9H16N2S2. The molecule has 74 valence electrons. The van der Waals surface area contributed by atoms with Crippen LogP contribution in [0.5, 0.6) is 0 Å². The number of likely N-dealkylation sites (N-methyl/N-ethyl adjacent to an activating group) is 1. The third-order valence-electron chi connectivity index (χ3n) is 2.25. The first kappa shape index (κ1) is 10.9. The van der Waals surface area contributed by atoms with E-state index >= 15 is 0 Å². The quantitative estimate of drug-likeness (QED) is 0.663. The molecule has 0 saturated carbocycles. The van der Waals surface area contributed by atoms with Crippen molar-refractivity contribution in [2.45, 2.75) is 26.7 Å². The second-order valence-electron chi connectivity index (χ2n) is 3.20. The summed E-state index contributed by atoms with van der Waals surface area (Å²) in [5, 5.41) is 0.918. The van der Waals surface area contributed by atoms with Gasteiger partial charge in [0.25, 0.3) is 0 Å². The first-order valence-corrected chi connectivity index (χ1v) is 5.61. The highest BCUT2D eigenvalue weighted by Gasteiger charge is 2.27. The summed E-state index contributed by atoms with van der Waals surface area (Å²) in [5.41, 5.74) is 0. The van der Waals surface area contributed by atoms with Crippen molar-refractivity contribution < 1.29 is 0 Å². The van der Waals surface area contributed by atoms with Crippen molar-refractivity contribution >= 4 is 34.5 Å². The molecule has 0 atom stereocenters. The molecule has 0 bridgehead atoms. The van der Waals surface area contributed by atoms with Crippen LogP contribution in [0, 0.1) is 0 Å².